The summed E-state index contributed by atoms with van der Waals surface area (Å²) in [6.45, 7) is 0.661. The first-order chi connectivity index (χ1) is 4.86. The van der Waals surface area contributed by atoms with Crippen molar-refractivity contribution in [3.05, 3.63) is 23.3 Å². The number of hydrogen-bond donors (Lipinski definition) is 1. The van der Waals surface area contributed by atoms with Crippen molar-refractivity contribution in [2.45, 2.75) is 12.8 Å². The van der Waals surface area contributed by atoms with Crippen molar-refractivity contribution in [2.75, 3.05) is 6.54 Å². The molecule has 0 atom stereocenters. The summed E-state index contributed by atoms with van der Waals surface area (Å²) in [5.74, 6) is 2.62. The molecular weight excluding hydrogens is 122 g/mol. The third-order valence-corrected chi connectivity index (χ3v) is 1.68. The SMILES string of the molecule is C#CC1=CC=C(CN)CC1. The fraction of sp³-hybridized carbons (Fsp3) is 0.333. The van der Waals surface area contributed by atoms with Crippen LogP contribution in [0.1, 0.15) is 12.8 Å². The molecular formula is C9H11N. The predicted octanol–water partition coefficient (Wildman–Crippen LogP) is 1.22. The molecule has 0 amide bonds. The Hall–Kier alpha value is -1.00. The molecule has 0 saturated carbocycles. The molecule has 0 heterocycles. The van der Waals surface area contributed by atoms with Crippen LogP contribution in [0.2, 0.25) is 0 Å². The Bertz CT molecular complexity index is 215. The molecule has 0 fully saturated rings. The summed E-state index contributed by atoms with van der Waals surface area (Å²) in [5, 5.41) is 0. The van der Waals surface area contributed by atoms with E-state index < -0.39 is 0 Å². The largest absolute Gasteiger partial charge is 0.327 e. The summed E-state index contributed by atoms with van der Waals surface area (Å²) in [6.07, 6.45) is 11.2. The van der Waals surface area contributed by atoms with Gasteiger partial charge in [-0.2, -0.15) is 0 Å². The van der Waals surface area contributed by atoms with Crippen molar-refractivity contribution in [1.29, 1.82) is 0 Å². The average molecular weight is 133 g/mol. The molecule has 52 valence electrons. The van der Waals surface area contributed by atoms with Crippen LogP contribution in [0.4, 0.5) is 0 Å². The van der Waals surface area contributed by atoms with Gasteiger partial charge in [0, 0.05) is 12.1 Å². The van der Waals surface area contributed by atoms with E-state index in [-0.39, 0.29) is 0 Å². The lowest BCUT2D eigenvalue weighted by molar-refractivity contribution is 0.895. The van der Waals surface area contributed by atoms with Crippen LogP contribution in [0.5, 0.6) is 0 Å². The Morgan fingerprint density at radius 2 is 2.30 bits per heavy atom. The highest BCUT2D eigenvalue weighted by Crippen LogP contribution is 2.15. The van der Waals surface area contributed by atoms with Crippen molar-refractivity contribution < 1.29 is 0 Å². The summed E-state index contributed by atoms with van der Waals surface area (Å²) in [6, 6.07) is 0. The monoisotopic (exact) mass is 133 g/mol. The van der Waals surface area contributed by atoms with Crippen LogP contribution in [0.25, 0.3) is 0 Å². The number of hydrogen-bond acceptors (Lipinski definition) is 1. The standard InChI is InChI=1S/C9H11N/c1-2-8-3-5-9(7-10)6-4-8/h1,3,5H,4,6-7,10H2. The summed E-state index contributed by atoms with van der Waals surface area (Å²) in [7, 11) is 0. The zero-order valence-corrected chi connectivity index (χ0v) is 5.93. The van der Waals surface area contributed by atoms with E-state index >= 15 is 0 Å². The van der Waals surface area contributed by atoms with Crippen molar-refractivity contribution >= 4 is 0 Å². The topological polar surface area (TPSA) is 26.0 Å². The summed E-state index contributed by atoms with van der Waals surface area (Å²) in [5.41, 5.74) is 7.81. The zero-order chi connectivity index (χ0) is 7.40. The Morgan fingerprint density at radius 1 is 1.50 bits per heavy atom. The van der Waals surface area contributed by atoms with Gasteiger partial charge in [-0.15, -0.1) is 6.42 Å². The molecule has 0 spiro atoms. The van der Waals surface area contributed by atoms with Gasteiger partial charge in [0.15, 0.2) is 0 Å². The molecule has 0 saturated heterocycles. The van der Waals surface area contributed by atoms with E-state index in [0.717, 1.165) is 18.4 Å². The first-order valence-electron chi connectivity index (χ1n) is 3.42. The lowest BCUT2D eigenvalue weighted by Gasteiger charge is -2.07. The molecule has 0 radical (unpaired) electrons. The molecule has 2 N–H and O–H groups in total. The summed E-state index contributed by atoms with van der Waals surface area (Å²) in [4.78, 5) is 0. The first kappa shape index (κ1) is 7.11. The third kappa shape index (κ3) is 1.49. The highest BCUT2D eigenvalue weighted by atomic mass is 14.5. The van der Waals surface area contributed by atoms with Gasteiger partial charge in [-0.25, -0.2) is 0 Å². The smallest absolute Gasteiger partial charge is 0.0140 e. The molecule has 0 aromatic carbocycles. The number of rotatable bonds is 1. The molecule has 0 aromatic heterocycles. The minimum Gasteiger partial charge on any atom is -0.327 e. The van der Waals surface area contributed by atoms with Gasteiger partial charge in [-0.1, -0.05) is 23.6 Å². The first-order valence-corrected chi connectivity index (χ1v) is 3.42. The normalized spacial score (nSPS) is 17.2. The van der Waals surface area contributed by atoms with Crippen LogP contribution in [-0.4, -0.2) is 6.54 Å². The molecule has 0 aromatic rings. The van der Waals surface area contributed by atoms with Crippen molar-refractivity contribution in [3.8, 4) is 12.3 Å². The Balaban J connectivity index is 2.67. The van der Waals surface area contributed by atoms with Gasteiger partial charge in [0.25, 0.3) is 0 Å². The van der Waals surface area contributed by atoms with E-state index in [1.54, 1.807) is 0 Å². The molecule has 1 rings (SSSR count). The van der Waals surface area contributed by atoms with Crippen LogP contribution < -0.4 is 5.73 Å². The van der Waals surface area contributed by atoms with E-state index in [1.165, 1.54) is 5.57 Å². The van der Waals surface area contributed by atoms with Gasteiger partial charge >= 0.3 is 0 Å². The predicted molar refractivity (Wildman–Crippen MR) is 43.3 cm³/mol. The maximum absolute atomic E-state index is 5.44. The van der Waals surface area contributed by atoms with Crippen LogP contribution in [0, 0.1) is 12.3 Å². The van der Waals surface area contributed by atoms with Crippen molar-refractivity contribution in [2.24, 2.45) is 5.73 Å². The van der Waals surface area contributed by atoms with E-state index in [4.69, 9.17) is 12.2 Å². The van der Waals surface area contributed by atoms with Crippen molar-refractivity contribution in [1.82, 2.24) is 0 Å². The maximum Gasteiger partial charge on any atom is 0.0140 e. The second-order valence-corrected chi connectivity index (χ2v) is 2.37. The van der Waals surface area contributed by atoms with E-state index in [9.17, 15) is 0 Å². The van der Waals surface area contributed by atoms with Crippen LogP contribution in [0.3, 0.4) is 0 Å². The molecule has 0 unspecified atom stereocenters. The minimum atomic E-state index is 0.661. The molecule has 10 heavy (non-hydrogen) atoms. The van der Waals surface area contributed by atoms with Crippen molar-refractivity contribution in [3.63, 3.8) is 0 Å². The van der Waals surface area contributed by atoms with Gasteiger partial charge in [-0.05, 0) is 12.8 Å². The third-order valence-electron chi connectivity index (χ3n) is 1.68. The summed E-state index contributed by atoms with van der Waals surface area (Å²) < 4.78 is 0. The lowest BCUT2D eigenvalue weighted by atomic mass is 9.99. The fourth-order valence-corrected chi connectivity index (χ4v) is 0.971. The number of allylic oxidation sites excluding steroid dienone is 3. The zero-order valence-electron chi connectivity index (χ0n) is 5.93. The van der Waals surface area contributed by atoms with E-state index in [0.29, 0.717) is 6.54 Å². The second kappa shape index (κ2) is 3.24. The highest BCUT2D eigenvalue weighted by Gasteiger charge is 2.01. The van der Waals surface area contributed by atoms with Gasteiger partial charge in [0.1, 0.15) is 0 Å². The molecule has 1 aliphatic carbocycles. The molecule has 1 nitrogen and oxygen atoms in total. The van der Waals surface area contributed by atoms with Gasteiger partial charge < -0.3 is 5.73 Å². The molecule has 1 aliphatic rings. The Morgan fingerprint density at radius 3 is 2.70 bits per heavy atom. The Labute approximate surface area is 61.6 Å². The maximum atomic E-state index is 5.44. The van der Waals surface area contributed by atoms with Crippen LogP contribution >= 0.6 is 0 Å². The second-order valence-electron chi connectivity index (χ2n) is 2.37. The van der Waals surface area contributed by atoms with Gasteiger partial charge in [-0.3, -0.25) is 0 Å². The quantitative estimate of drug-likeness (QED) is 0.535. The molecule has 0 bridgehead atoms. The van der Waals surface area contributed by atoms with Crippen LogP contribution in [0.15, 0.2) is 23.3 Å². The minimum absolute atomic E-state index is 0.661. The highest BCUT2D eigenvalue weighted by molar-refractivity contribution is 5.34. The molecule has 0 aliphatic heterocycles. The average Bonchev–Trinajstić information content (AvgIpc) is 2.05. The Kier molecular flexibility index (Phi) is 2.30. The van der Waals surface area contributed by atoms with E-state index in [1.807, 2.05) is 12.2 Å². The lowest BCUT2D eigenvalue weighted by Crippen LogP contribution is -2.05. The van der Waals surface area contributed by atoms with Gasteiger partial charge in [0.05, 0.1) is 0 Å². The van der Waals surface area contributed by atoms with Crippen LogP contribution in [-0.2, 0) is 0 Å². The fourth-order valence-electron chi connectivity index (χ4n) is 0.971. The molecule has 1 heteroatoms. The summed E-state index contributed by atoms with van der Waals surface area (Å²) >= 11 is 0. The van der Waals surface area contributed by atoms with E-state index in [2.05, 4.69) is 5.92 Å². The number of nitrogens with two attached hydrogens (primary N) is 1. The van der Waals surface area contributed by atoms with Gasteiger partial charge in [0.2, 0.25) is 0 Å². The number of terminal acetylenes is 1.